The Bertz CT molecular complexity index is 732. The van der Waals surface area contributed by atoms with Crippen molar-refractivity contribution in [3.63, 3.8) is 0 Å². The molecule has 0 radical (unpaired) electrons. The monoisotopic (exact) mass is 347 g/mol. The number of halogens is 1. The summed E-state index contributed by atoms with van der Waals surface area (Å²) in [6.45, 7) is 2.59. The summed E-state index contributed by atoms with van der Waals surface area (Å²) in [6, 6.07) is 8.12. The van der Waals surface area contributed by atoms with Crippen molar-refractivity contribution in [2.75, 3.05) is 19.0 Å². The van der Waals surface area contributed by atoms with Gasteiger partial charge in [-0.25, -0.2) is 9.78 Å². The molecule has 7 heteroatoms. The van der Waals surface area contributed by atoms with Crippen molar-refractivity contribution in [2.24, 2.45) is 0 Å². The molecule has 6 nitrogen and oxygen atoms in total. The second kappa shape index (κ2) is 8.31. The topological polar surface area (TPSA) is 80.3 Å². The van der Waals surface area contributed by atoms with Gasteiger partial charge in [-0.05, 0) is 36.8 Å². The Kier molecular flexibility index (Phi) is 6.14. The number of amides is 1. The zero-order chi connectivity index (χ0) is 17.5. The maximum absolute atomic E-state index is 11.8. The van der Waals surface area contributed by atoms with Crippen molar-refractivity contribution in [1.82, 2.24) is 10.3 Å². The van der Waals surface area contributed by atoms with Crippen molar-refractivity contribution in [3.05, 3.63) is 52.8 Å². The fourth-order valence-corrected chi connectivity index (χ4v) is 2.12. The first kappa shape index (κ1) is 17.7. The van der Waals surface area contributed by atoms with E-state index in [-0.39, 0.29) is 5.91 Å². The molecule has 24 heavy (non-hydrogen) atoms. The molecule has 0 bridgehead atoms. The molecule has 2 rings (SSSR count). The Labute approximate surface area is 145 Å². The lowest BCUT2D eigenvalue weighted by molar-refractivity contribution is 0.0600. The lowest BCUT2D eigenvalue weighted by Gasteiger charge is -2.10. The number of hydrogen-bond donors (Lipinski definition) is 2. The van der Waals surface area contributed by atoms with Crippen LogP contribution in [0.5, 0.6) is 0 Å². The van der Waals surface area contributed by atoms with E-state index in [1.165, 1.54) is 13.3 Å². The molecule has 2 aromatic rings. The second-order valence-electron chi connectivity index (χ2n) is 5.00. The molecular formula is C17H18ClN3O3. The van der Waals surface area contributed by atoms with E-state index in [0.717, 1.165) is 6.42 Å². The first-order valence-electron chi connectivity index (χ1n) is 7.44. The molecule has 126 valence electrons. The van der Waals surface area contributed by atoms with Crippen LogP contribution in [0.1, 0.15) is 34.2 Å². The van der Waals surface area contributed by atoms with E-state index in [1.807, 2.05) is 6.92 Å². The second-order valence-corrected chi connectivity index (χ2v) is 5.41. The van der Waals surface area contributed by atoms with E-state index in [0.29, 0.717) is 34.2 Å². The Hall–Kier alpha value is -2.60. The van der Waals surface area contributed by atoms with Gasteiger partial charge in [-0.15, -0.1) is 0 Å². The zero-order valence-electron chi connectivity index (χ0n) is 13.4. The number of nitrogens with one attached hydrogen (secondary N) is 2. The van der Waals surface area contributed by atoms with Crippen LogP contribution in [-0.4, -0.2) is 30.5 Å². The minimum Gasteiger partial charge on any atom is -0.465 e. The van der Waals surface area contributed by atoms with Gasteiger partial charge in [0, 0.05) is 6.54 Å². The Morgan fingerprint density at radius 2 is 2.04 bits per heavy atom. The highest BCUT2D eigenvalue weighted by Crippen LogP contribution is 2.26. The summed E-state index contributed by atoms with van der Waals surface area (Å²) in [6.07, 6.45) is 2.39. The number of carbonyl (C=O) groups is 2. The molecule has 0 fully saturated rings. The molecule has 1 aromatic carbocycles. The van der Waals surface area contributed by atoms with Crippen LogP contribution < -0.4 is 10.6 Å². The number of pyridine rings is 1. The van der Waals surface area contributed by atoms with Crippen molar-refractivity contribution in [3.8, 4) is 0 Å². The average Bonchev–Trinajstić information content (AvgIpc) is 2.61. The highest BCUT2D eigenvalue weighted by molar-refractivity contribution is 6.33. The zero-order valence-corrected chi connectivity index (χ0v) is 14.2. The molecule has 0 aliphatic heterocycles. The number of ether oxygens (including phenoxy) is 1. The van der Waals surface area contributed by atoms with Crippen molar-refractivity contribution >= 4 is 34.9 Å². The molecule has 0 aliphatic carbocycles. The third kappa shape index (κ3) is 4.45. The minimum absolute atomic E-state index is 0.214. The quantitative estimate of drug-likeness (QED) is 0.783. The first-order valence-corrected chi connectivity index (χ1v) is 7.82. The fraction of sp³-hybridized carbons (Fsp3) is 0.235. The molecule has 2 N–H and O–H groups in total. The number of anilines is 2. The molecule has 1 amide bonds. The number of aromatic nitrogens is 1. The van der Waals surface area contributed by atoms with Gasteiger partial charge in [0.25, 0.3) is 5.91 Å². The summed E-state index contributed by atoms with van der Waals surface area (Å²) in [4.78, 5) is 27.5. The van der Waals surface area contributed by atoms with Crippen molar-refractivity contribution in [1.29, 1.82) is 0 Å². The summed E-state index contributed by atoms with van der Waals surface area (Å²) in [5.74, 6) is -0.662. The van der Waals surface area contributed by atoms with Crippen LogP contribution >= 0.6 is 11.6 Å². The van der Waals surface area contributed by atoms with Gasteiger partial charge < -0.3 is 15.4 Å². The van der Waals surface area contributed by atoms with Gasteiger partial charge in [0.1, 0.15) is 5.69 Å². The van der Waals surface area contributed by atoms with Gasteiger partial charge in [0.2, 0.25) is 0 Å². The summed E-state index contributed by atoms with van der Waals surface area (Å²) in [7, 11) is 1.32. The Morgan fingerprint density at radius 3 is 2.67 bits per heavy atom. The van der Waals surface area contributed by atoms with Gasteiger partial charge in [0.05, 0.1) is 35.3 Å². The Morgan fingerprint density at radius 1 is 1.25 bits per heavy atom. The molecule has 0 saturated carbocycles. The molecule has 0 spiro atoms. The normalized spacial score (nSPS) is 10.1. The SMILES string of the molecule is CCCNC(=O)c1ccc(Nc2cc(C(=O)OC)ccc2Cl)cn1. The predicted octanol–water partition coefficient (Wildman–Crippen LogP) is 3.41. The van der Waals surface area contributed by atoms with Crippen LogP contribution in [0, 0.1) is 0 Å². The highest BCUT2D eigenvalue weighted by atomic mass is 35.5. The van der Waals surface area contributed by atoms with E-state index in [9.17, 15) is 9.59 Å². The number of nitrogens with zero attached hydrogens (tertiary/aromatic N) is 1. The number of rotatable bonds is 6. The lowest BCUT2D eigenvalue weighted by atomic mass is 10.2. The number of carbonyl (C=O) groups excluding carboxylic acids is 2. The fourth-order valence-electron chi connectivity index (χ4n) is 1.95. The largest absolute Gasteiger partial charge is 0.465 e. The summed E-state index contributed by atoms with van der Waals surface area (Å²) < 4.78 is 4.69. The molecule has 1 aromatic heterocycles. The van der Waals surface area contributed by atoms with Gasteiger partial charge in [-0.1, -0.05) is 18.5 Å². The van der Waals surface area contributed by atoms with E-state index >= 15 is 0 Å². The van der Waals surface area contributed by atoms with Gasteiger partial charge in [0.15, 0.2) is 0 Å². The summed E-state index contributed by atoms with van der Waals surface area (Å²) in [5.41, 5.74) is 1.91. The van der Waals surface area contributed by atoms with Crippen LogP contribution in [0.3, 0.4) is 0 Å². The number of hydrogen-bond acceptors (Lipinski definition) is 5. The maximum atomic E-state index is 11.8. The van der Waals surface area contributed by atoms with E-state index in [4.69, 9.17) is 11.6 Å². The van der Waals surface area contributed by atoms with E-state index in [1.54, 1.807) is 30.3 Å². The maximum Gasteiger partial charge on any atom is 0.337 e. The third-order valence-corrected chi connectivity index (χ3v) is 3.53. The van der Waals surface area contributed by atoms with Crippen LogP contribution in [0.4, 0.5) is 11.4 Å². The molecule has 0 aliphatic rings. The van der Waals surface area contributed by atoms with Crippen molar-refractivity contribution in [2.45, 2.75) is 13.3 Å². The van der Waals surface area contributed by atoms with E-state index in [2.05, 4.69) is 20.4 Å². The van der Waals surface area contributed by atoms with Gasteiger partial charge >= 0.3 is 5.97 Å². The lowest BCUT2D eigenvalue weighted by Crippen LogP contribution is -2.24. The van der Waals surface area contributed by atoms with Crippen LogP contribution in [0.15, 0.2) is 36.5 Å². The minimum atomic E-state index is -0.448. The highest BCUT2D eigenvalue weighted by Gasteiger charge is 2.10. The molecule has 0 atom stereocenters. The standard InChI is InChI=1S/C17H18ClN3O3/c1-3-8-19-16(22)14-7-5-12(10-20-14)21-15-9-11(17(23)24-2)4-6-13(15)18/h4-7,9-10,21H,3,8H2,1-2H3,(H,19,22). The van der Waals surface area contributed by atoms with Gasteiger partial charge in [-0.3, -0.25) is 4.79 Å². The summed E-state index contributed by atoms with van der Waals surface area (Å²) >= 11 is 6.13. The number of benzene rings is 1. The molecule has 0 unspecified atom stereocenters. The Balaban J connectivity index is 2.14. The van der Waals surface area contributed by atoms with E-state index < -0.39 is 5.97 Å². The molecule has 0 saturated heterocycles. The third-order valence-electron chi connectivity index (χ3n) is 3.20. The summed E-state index contributed by atoms with van der Waals surface area (Å²) in [5, 5.41) is 6.28. The van der Waals surface area contributed by atoms with Crippen LogP contribution in [0.25, 0.3) is 0 Å². The average molecular weight is 348 g/mol. The predicted molar refractivity (Wildman–Crippen MR) is 92.9 cm³/mol. The van der Waals surface area contributed by atoms with Crippen LogP contribution in [-0.2, 0) is 4.74 Å². The first-order chi connectivity index (χ1) is 11.5. The molecule has 1 heterocycles. The number of methoxy groups -OCH3 is 1. The smallest absolute Gasteiger partial charge is 0.337 e. The number of esters is 1. The van der Waals surface area contributed by atoms with Crippen LogP contribution in [0.2, 0.25) is 5.02 Å². The van der Waals surface area contributed by atoms with Crippen molar-refractivity contribution < 1.29 is 14.3 Å². The molecular weight excluding hydrogens is 330 g/mol. The van der Waals surface area contributed by atoms with Gasteiger partial charge in [-0.2, -0.15) is 0 Å².